The summed E-state index contributed by atoms with van der Waals surface area (Å²) in [6.07, 6.45) is 1.51. The van der Waals surface area contributed by atoms with E-state index in [1.54, 1.807) is 50.4 Å². The maximum absolute atomic E-state index is 12.2. The Bertz CT molecular complexity index is 767. The molecule has 2 aromatic carbocycles. The number of ether oxygens (including phenoxy) is 2. The number of benzene rings is 2. The summed E-state index contributed by atoms with van der Waals surface area (Å²) in [6, 6.07) is 12.9. The van der Waals surface area contributed by atoms with Crippen LogP contribution < -0.4 is 10.1 Å². The van der Waals surface area contributed by atoms with Crippen molar-refractivity contribution in [3.05, 3.63) is 70.4 Å². The Balaban J connectivity index is 2.25. The lowest BCUT2D eigenvalue weighted by atomic mass is 10.1. The Kier molecular flexibility index (Phi) is 6.11. The monoisotopic (exact) mass is 342 g/mol. The zero-order valence-corrected chi connectivity index (χ0v) is 13.9. The molecule has 2 rings (SSSR count). The van der Waals surface area contributed by atoms with Crippen molar-refractivity contribution in [2.75, 3.05) is 19.0 Å². The molecule has 1 N–H and O–H groups in total. The van der Waals surface area contributed by atoms with E-state index in [4.69, 9.17) is 9.47 Å². The topological polar surface area (TPSA) is 90.7 Å². The van der Waals surface area contributed by atoms with Crippen LogP contribution >= 0.6 is 0 Å². The molecule has 0 saturated heterocycles. The van der Waals surface area contributed by atoms with E-state index in [2.05, 4.69) is 5.32 Å². The number of esters is 1. The minimum absolute atomic E-state index is 0.00435. The molecular weight excluding hydrogens is 324 g/mol. The second-order valence-electron chi connectivity index (χ2n) is 4.96. The highest BCUT2D eigenvalue weighted by atomic mass is 16.6. The lowest BCUT2D eigenvalue weighted by Crippen LogP contribution is -2.08. The number of non-ortho nitro benzene ring substituents is 1. The number of carbonyl (C=O) groups excluding carboxylic acids is 1. The molecule has 0 amide bonds. The van der Waals surface area contributed by atoms with Crippen LogP contribution in [-0.2, 0) is 9.53 Å². The van der Waals surface area contributed by atoms with E-state index in [0.717, 1.165) is 0 Å². The van der Waals surface area contributed by atoms with Gasteiger partial charge in [0.2, 0.25) is 0 Å². The van der Waals surface area contributed by atoms with E-state index in [0.29, 0.717) is 22.6 Å². The van der Waals surface area contributed by atoms with Crippen LogP contribution in [0.15, 0.2) is 54.7 Å². The van der Waals surface area contributed by atoms with Crippen LogP contribution in [0.25, 0.3) is 5.57 Å². The van der Waals surface area contributed by atoms with Crippen LogP contribution in [0.5, 0.6) is 5.75 Å². The van der Waals surface area contributed by atoms with E-state index in [9.17, 15) is 14.9 Å². The molecule has 0 radical (unpaired) electrons. The molecule has 25 heavy (non-hydrogen) atoms. The van der Waals surface area contributed by atoms with Crippen LogP contribution in [-0.4, -0.2) is 24.6 Å². The third kappa shape index (κ3) is 4.81. The Labute approximate surface area is 145 Å². The van der Waals surface area contributed by atoms with E-state index >= 15 is 0 Å². The molecule has 0 aromatic heterocycles. The Hall–Kier alpha value is -3.35. The average Bonchev–Trinajstić information content (AvgIpc) is 2.63. The molecule has 0 aliphatic rings. The summed E-state index contributed by atoms with van der Waals surface area (Å²) in [6.45, 7) is 1.98. The summed E-state index contributed by atoms with van der Waals surface area (Å²) in [5, 5.41) is 13.6. The molecule has 0 aliphatic carbocycles. The Morgan fingerprint density at radius 3 is 2.32 bits per heavy atom. The van der Waals surface area contributed by atoms with Crippen molar-refractivity contribution >= 4 is 22.9 Å². The summed E-state index contributed by atoms with van der Waals surface area (Å²) in [5.41, 5.74) is 1.60. The van der Waals surface area contributed by atoms with Crippen molar-refractivity contribution in [2.45, 2.75) is 6.92 Å². The van der Waals surface area contributed by atoms with Gasteiger partial charge in [-0.05, 0) is 36.8 Å². The second-order valence-corrected chi connectivity index (χ2v) is 4.96. The fourth-order valence-corrected chi connectivity index (χ4v) is 2.07. The summed E-state index contributed by atoms with van der Waals surface area (Å²) < 4.78 is 10.2. The molecule has 0 unspecified atom stereocenters. The summed E-state index contributed by atoms with van der Waals surface area (Å²) >= 11 is 0. The van der Waals surface area contributed by atoms with Gasteiger partial charge in [0, 0.05) is 24.0 Å². The van der Waals surface area contributed by atoms with Crippen LogP contribution in [0.2, 0.25) is 0 Å². The van der Waals surface area contributed by atoms with Crippen molar-refractivity contribution in [1.29, 1.82) is 0 Å². The number of nitrogens with one attached hydrogen (secondary N) is 1. The van der Waals surface area contributed by atoms with Crippen LogP contribution in [0, 0.1) is 10.1 Å². The predicted octanol–water partition coefficient (Wildman–Crippen LogP) is 3.62. The minimum Gasteiger partial charge on any atom is -0.497 e. The molecule has 7 nitrogen and oxygen atoms in total. The smallest absolute Gasteiger partial charge is 0.340 e. The predicted molar refractivity (Wildman–Crippen MR) is 94.3 cm³/mol. The zero-order valence-electron chi connectivity index (χ0n) is 13.9. The largest absolute Gasteiger partial charge is 0.497 e. The third-order valence-corrected chi connectivity index (χ3v) is 3.36. The highest BCUT2D eigenvalue weighted by Crippen LogP contribution is 2.21. The first-order valence-corrected chi connectivity index (χ1v) is 7.58. The number of nitro benzene ring substituents is 1. The number of rotatable bonds is 7. The molecule has 2 aromatic rings. The fraction of sp³-hybridized carbons (Fsp3) is 0.167. The number of hydrogen-bond donors (Lipinski definition) is 1. The standard InChI is InChI=1S/C18H18N2O5/c1-3-25-18(21)17(13-4-10-16(24-2)11-5-13)12-19-14-6-8-15(9-7-14)20(22)23/h4-12,19H,3H2,1-2H3/b17-12-. The fourth-order valence-electron chi connectivity index (χ4n) is 2.07. The van der Waals surface area contributed by atoms with Gasteiger partial charge in [0.25, 0.3) is 5.69 Å². The molecule has 0 bridgehead atoms. The van der Waals surface area contributed by atoms with Gasteiger partial charge in [0.15, 0.2) is 0 Å². The SMILES string of the molecule is CCOC(=O)/C(=C\Nc1ccc([N+](=O)[O-])cc1)c1ccc(OC)cc1. The average molecular weight is 342 g/mol. The molecule has 0 fully saturated rings. The second kappa shape index (κ2) is 8.49. The molecular formula is C18H18N2O5. The lowest BCUT2D eigenvalue weighted by Gasteiger charge is -2.09. The Morgan fingerprint density at radius 1 is 1.16 bits per heavy atom. The van der Waals surface area contributed by atoms with Gasteiger partial charge in [-0.1, -0.05) is 12.1 Å². The molecule has 0 aliphatic heterocycles. The molecule has 7 heteroatoms. The van der Waals surface area contributed by atoms with E-state index < -0.39 is 10.9 Å². The number of carbonyl (C=O) groups is 1. The molecule has 0 atom stereocenters. The molecule has 0 spiro atoms. The van der Waals surface area contributed by atoms with Gasteiger partial charge in [0.1, 0.15) is 5.75 Å². The number of hydrogen-bond acceptors (Lipinski definition) is 6. The van der Waals surface area contributed by atoms with Crippen molar-refractivity contribution in [3.63, 3.8) is 0 Å². The van der Waals surface area contributed by atoms with Gasteiger partial charge >= 0.3 is 5.97 Å². The van der Waals surface area contributed by atoms with Crippen molar-refractivity contribution in [1.82, 2.24) is 0 Å². The Morgan fingerprint density at radius 2 is 1.80 bits per heavy atom. The number of nitro groups is 1. The number of methoxy groups -OCH3 is 1. The van der Waals surface area contributed by atoms with Crippen molar-refractivity contribution in [2.24, 2.45) is 0 Å². The third-order valence-electron chi connectivity index (χ3n) is 3.36. The maximum Gasteiger partial charge on any atom is 0.340 e. The van der Waals surface area contributed by atoms with Gasteiger partial charge < -0.3 is 14.8 Å². The van der Waals surface area contributed by atoms with Gasteiger partial charge in [-0.25, -0.2) is 4.79 Å². The highest BCUT2D eigenvalue weighted by molar-refractivity contribution is 6.16. The zero-order chi connectivity index (χ0) is 18.2. The first kappa shape index (κ1) is 18.0. The van der Waals surface area contributed by atoms with E-state index in [1.165, 1.54) is 18.3 Å². The number of anilines is 1. The van der Waals surface area contributed by atoms with Gasteiger partial charge in [0.05, 0.1) is 24.2 Å². The minimum atomic E-state index is -0.471. The normalized spacial score (nSPS) is 10.9. The molecule has 130 valence electrons. The van der Waals surface area contributed by atoms with E-state index in [1.807, 2.05) is 0 Å². The quantitative estimate of drug-likeness (QED) is 0.358. The number of nitrogens with zero attached hydrogens (tertiary/aromatic N) is 1. The van der Waals surface area contributed by atoms with E-state index in [-0.39, 0.29) is 12.3 Å². The van der Waals surface area contributed by atoms with Crippen LogP contribution in [0.4, 0.5) is 11.4 Å². The maximum atomic E-state index is 12.2. The first-order valence-electron chi connectivity index (χ1n) is 7.58. The van der Waals surface area contributed by atoms with Crippen LogP contribution in [0.3, 0.4) is 0 Å². The van der Waals surface area contributed by atoms with Gasteiger partial charge in [-0.3, -0.25) is 10.1 Å². The summed E-state index contributed by atoms with van der Waals surface area (Å²) in [4.78, 5) is 22.4. The van der Waals surface area contributed by atoms with Gasteiger partial charge in [-0.2, -0.15) is 0 Å². The highest BCUT2D eigenvalue weighted by Gasteiger charge is 2.13. The van der Waals surface area contributed by atoms with Gasteiger partial charge in [-0.15, -0.1) is 0 Å². The summed E-state index contributed by atoms with van der Waals surface area (Å²) in [5.74, 6) is 0.206. The van der Waals surface area contributed by atoms with Crippen LogP contribution in [0.1, 0.15) is 12.5 Å². The molecule has 0 saturated carbocycles. The lowest BCUT2D eigenvalue weighted by molar-refractivity contribution is -0.384. The summed E-state index contributed by atoms with van der Waals surface area (Å²) in [7, 11) is 1.56. The van der Waals surface area contributed by atoms with Crippen molar-refractivity contribution < 1.29 is 19.2 Å². The first-order chi connectivity index (χ1) is 12.0. The molecule has 0 heterocycles. The van der Waals surface area contributed by atoms with Crippen molar-refractivity contribution in [3.8, 4) is 5.75 Å².